The second kappa shape index (κ2) is 7.22. The summed E-state index contributed by atoms with van der Waals surface area (Å²) in [7, 11) is 0. The molecule has 1 amide bonds. The van der Waals surface area contributed by atoms with Gasteiger partial charge in [-0.05, 0) is 55.3 Å². The van der Waals surface area contributed by atoms with Gasteiger partial charge in [0.05, 0.1) is 22.7 Å². The molecule has 1 N–H and O–H groups in total. The summed E-state index contributed by atoms with van der Waals surface area (Å²) in [4.78, 5) is 29.0. The lowest BCUT2D eigenvalue weighted by atomic mass is 10.0. The number of aromatic nitrogens is 1. The van der Waals surface area contributed by atoms with Gasteiger partial charge < -0.3 is 9.88 Å². The zero-order valence-corrected chi connectivity index (χ0v) is 16.7. The van der Waals surface area contributed by atoms with Gasteiger partial charge in [-0.15, -0.1) is 0 Å². The number of non-ortho nitro benzene ring substituents is 1. The Bertz CT molecular complexity index is 1180. The molecule has 6 nitrogen and oxygen atoms in total. The molecule has 29 heavy (non-hydrogen) atoms. The zero-order chi connectivity index (χ0) is 20.7. The highest BCUT2D eigenvalue weighted by Gasteiger charge is 2.34. The average molecular weight is 408 g/mol. The Kier molecular flexibility index (Phi) is 4.72. The number of rotatable bonds is 4. The summed E-state index contributed by atoms with van der Waals surface area (Å²) in [5, 5.41) is 11.9. The number of aromatic amines is 1. The highest BCUT2D eigenvalue weighted by molar-refractivity contribution is 6.36. The van der Waals surface area contributed by atoms with Crippen molar-refractivity contribution in [2.24, 2.45) is 0 Å². The molecule has 1 aliphatic rings. The van der Waals surface area contributed by atoms with Gasteiger partial charge >= 0.3 is 0 Å². The van der Waals surface area contributed by atoms with E-state index in [-0.39, 0.29) is 11.6 Å². The summed E-state index contributed by atoms with van der Waals surface area (Å²) in [6.45, 7) is 4.22. The summed E-state index contributed by atoms with van der Waals surface area (Å²) in [6.07, 6.45) is 1.77. The highest BCUT2D eigenvalue weighted by atomic mass is 35.5. The first-order chi connectivity index (χ1) is 13.8. The molecule has 2 aromatic carbocycles. The molecule has 0 radical (unpaired) electrons. The minimum Gasteiger partial charge on any atom is -0.359 e. The number of anilines is 1. The van der Waals surface area contributed by atoms with E-state index in [1.807, 2.05) is 32.0 Å². The molecule has 0 spiro atoms. The van der Waals surface area contributed by atoms with Gasteiger partial charge in [0.15, 0.2) is 0 Å². The van der Waals surface area contributed by atoms with Gasteiger partial charge in [0.25, 0.3) is 11.6 Å². The van der Waals surface area contributed by atoms with Crippen molar-refractivity contribution in [3.05, 3.63) is 91.7 Å². The van der Waals surface area contributed by atoms with Gasteiger partial charge in [-0.2, -0.15) is 0 Å². The number of aryl methyl sites for hydroxylation is 2. The fraction of sp³-hybridized carbons (Fsp3) is 0.136. The van der Waals surface area contributed by atoms with E-state index in [1.54, 1.807) is 29.2 Å². The van der Waals surface area contributed by atoms with Crippen LogP contribution < -0.4 is 4.90 Å². The maximum Gasteiger partial charge on any atom is 0.270 e. The van der Waals surface area contributed by atoms with E-state index in [0.29, 0.717) is 28.4 Å². The molecule has 3 aromatic rings. The average Bonchev–Trinajstić information content (AvgIpc) is 3.12. The maximum atomic E-state index is 13.3. The van der Waals surface area contributed by atoms with E-state index in [2.05, 4.69) is 4.98 Å². The Morgan fingerprint density at radius 3 is 2.62 bits per heavy atom. The van der Waals surface area contributed by atoms with Crippen molar-refractivity contribution in [3.63, 3.8) is 0 Å². The number of halogens is 1. The van der Waals surface area contributed by atoms with Crippen molar-refractivity contribution >= 4 is 40.5 Å². The van der Waals surface area contributed by atoms with Crippen molar-refractivity contribution in [3.8, 4) is 0 Å². The van der Waals surface area contributed by atoms with Crippen LogP contribution in [0.1, 0.15) is 28.1 Å². The molecule has 0 bridgehead atoms. The number of H-pyrrole nitrogens is 1. The largest absolute Gasteiger partial charge is 0.359 e. The molecule has 0 saturated heterocycles. The molecule has 0 unspecified atom stereocenters. The SMILES string of the molecule is Cc1cc(C)c(C=C2C(=O)N(Cc3cccc(Cl)c3)c3ccc([N+](=O)[O-])cc32)[nH]1. The van der Waals surface area contributed by atoms with Gasteiger partial charge in [-0.3, -0.25) is 14.9 Å². The summed E-state index contributed by atoms with van der Waals surface area (Å²) in [5.74, 6) is -0.202. The maximum absolute atomic E-state index is 13.3. The van der Waals surface area contributed by atoms with Gasteiger partial charge in [-0.25, -0.2) is 0 Å². The second-order valence-electron chi connectivity index (χ2n) is 7.09. The molecule has 4 rings (SSSR count). The summed E-state index contributed by atoms with van der Waals surface area (Å²) in [5.41, 5.74) is 5.25. The monoisotopic (exact) mass is 407 g/mol. The first-order valence-electron chi connectivity index (χ1n) is 9.06. The van der Waals surface area contributed by atoms with Crippen molar-refractivity contribution in [2.75, 3.05) is 4.90 Å². The number of nitro groups is 1. The lowest BCUT2D eigenvalue weighted by Crippen LogP contribution is -2.25. The van der Waals surface area contributed by atoms with Crippen LogP contribution in [0.4, 0.5) is 11.4 Å². The van der Waals surface area contributed by atoms with Crippen LogP contribution in [0, 0.1) is 24.0 Å². The highest BCUT2D eigenvalue weighted by Crippen LogP contribution is 2.41. The van der Waals surface area contributed by atoms with E-state index in [1.165, 1.54) is 12.1 Å². The number of hydrogen-bond donors (Lipinski definition) is 1. The van der Waals surface area contributed by atoms with E-state index >= 15 is 0 Å². The smallest absolute Gasteiger partial charge is 0.270 e. The third-order valence-electron chi connectivity index (χ3n) is 4.96. The predicted octanol–water partition coefficient (Wildman–Crippen LogP) is 5.28. The van der Waals surface area contributed by atoms with Crippen molar-refractivity contribution in [1.29, 1.82) is 0 Å². The van der Waals surface area contributed by atoms with E-state index < -0.39 is 4.92 Å². The summed E-state index contributed by atoms with van der Waals surface area (Å²) < 4.78 is 0. The quantitative estimate of drug-likeness (QED) is 0.363. The van der Waals surface area contributed by atoms with Crippen LogP contribution in [0.5, 0.6) is 0 Å². The van der Waals surface area contributed by atoms with E-state index in [9.17, 15) is 14.9 Å². The fourth-order valence-corrected chi connectivity index (χ4v) is 3.83. The normalized spacial score (nSPS) is 14.5. The van der Waals surface area contributed by atoms with Gasteiger partial charge in [0, 0.05) is 34.1 Å². The topological polar surface area (TPSA) is 79.2 Å². The predicted molar refractivity (Wildman–Crippen MR) is 114 cm³/mol. The lowest BCUT2D eigenvalue weighted by Gasteiger charge is -2.17. The molecule has 0 saturated carbocycles. The number of nitrogens with zero attached hydrogens (tertiary/aromatic N) is 2. The molecule has 7 heteroatoms. The number of carbonyl (C=O) groups excluding carboxylic acids is 1. The number of fused-ring (bicyclic) bond motifs is 1. The minimum atomic E-state index is -0.452. The number of nitro benzene ring substituents is 1. The van der Waals surface area contributed by atoms with Gasteiger partial charge in [0.1, 0.15) is 0 Å². The molecular weight excluding hydrogens is 390 g/mol. The van der Waals surface area contributed by atoms with Crippen LogP contribution in [-0.4, -0.2) is 15.8 Å². The zero-order valence-electron chi connectivity index (χ0n) is 15.9. The molecule has 1 aliphatic heterocycles. The van der Waals surface area contributed by atoms with Crippen LogP contribution >= 0.6 is 11.6 Å². The third kappa shape index (κ3) is 3.54. The Labute approximate surface area is 172 Å². The Morgan fingerprint density at radius 1 is 1.17 bits per heavy atom. The molecule has 0 fully saturated rings. The number of hydrogen-bond acceptors (Lipinski definition) is 3. The minimum absolute atomic E-state index is 0.0496. The van der Waals surface area contributed by atoms with Gasteiger partial charge in [0.2, 0.25) is 0 Å². The fourth-order valence-electron chi connectivity index (χ4n) is 3.62. The van der Waals surface area contributed by atoms with Crippen LogP contribution in [0.3, 0.4) is 0 Å². The molecule has 1 aromatic heterocycles. The molecule has 146 valence electrons. The number of benzene rings is 2. The lowest BCUT2D eigenvalue weighted by molar-refractivity contribution is -0.384. The van der Waals surface area contributed by atoms with Crippen LogP contribution in [0.15, 0.2) is 48.5 Å². The summed E-state index contributed by atoms with van der Waals surface area (Å²) >= 11 is 6.08. The summed E-state index contributed by atoms with van der Waals surface area (Å²) in [6, 6.07) is 13.8. The Balaban J connectivity index is 1.83. The first-order valence-corrected chi connectivity index (χ1v) is 9.44. The van der Waals surface area contributed by atoms with Crippen molar-refractivity contribution < 1.29 is 9.72 Å². The Hall–Kier alpha value is -3.38. The van der Waals surface area contributed by atoms with Crippen LogP contribution in [0.25, 0.3) is 11.6 Å². The number of nitrogens with one attached hydrogen (secondary N) is 1. The third-order valence-corrected chi connectivity index (χ3v) is 5.19. The second-order valence-corrected chi connectivity index (χ2v) is 7.52. The number of carbonyl (C=O) groups is 1. The van der Waals surface area contributed by atoms with E-state index in [4.69, 9.17) is 11.6 Å². The van der Waals surface area contributed by atoms with Crippen LogP contribution in [-0.2, 0) is 11.3 Å². The number of amides is 1. The molecular formula is C22H18ClN3O3. The van der Waals surface area contributed by atoms with Gasteiger partial charge in [-0.1, -0.05) is 23.7 Å². The van der Waals surface area contributed by atoms with Crippen molar-refractivity contribution in [1.82, 2.24) is 4.98 Å². The standard InChI is InChI=1S/C22H18ClN3O3/c1-13-8-14(2)24-20(13)11-19-18-10-17(26(28)29)6-7-21(18)25(22(19)27)12-15-4-3-5-16(23)9-15/h3-11,24H,12H2,1-2H3. The molecule has 0 aliphatic carbocycles. The van der Waals surface area contributed by atoms with Crippen molar-refractivity contribution in [2.45, 2.75) is 20.4 Å². The Morgan fingerprint density at radius 2 is 1.97 bits per heavy atom. The molecule has 0 atom stereocenters. The van der Waals surface area contributed by atoms with E-state index in [0.717, 1.165) is 22.5 Å². The first kappa shape index (κ1) is 19.0. The molecule has 2 heterocycles. The van der Waals surface area contributed by atoms with Crippen LogP contribution in [0.2, 0.25) is 5.02 Å².